The molecule has 9 heteroatoms. The summed E-state index contributed by atoms with van der Waals surface area (Å²) in [4.78, 5) is 7.85. The van der Waals surface area contributed by atoms with Gasteiger partial charge in [-0.1, -0.05) is 31.2 Å². The number of aromatic nitrogens is 2. The molecule has 0 bridgehead atoms. The van der Waals surface area contributed by atoms with Crippen LogP contribution in [0.25, 0.3) is 0 Å². The van der Waals surface area contributed by atoms with Crippen molar-refractivity contribution in [3.8, 4) is 0 Å². The van der Waals surface area contributed by atoms with Gasteiger partial charge in [0, 0.05) is 19.6 Å². The minimum Gasteiger partial charge on any atom is -0.379 e. The summed E-state index contributed by atoms with van der Waals surface area (Å²) in [5, 5.41) is 2.96. The first-order chi connectivity index (χ1) is 13.0. The third-order valence-electron chi connectivity index (χ3n) is 4.46. The molecule has 0 saturated carbocycles. The summed E-state index contributed by atoms with van der Waals surface area (Å²) in [5.74, 6) is -0.455. The Hall–Kier alpha value is -2.10. The molecule has 146 valence electrons. The molecule has 27 heavy (non-hydrogen) atoms. The largest absolute Gasteiger partial charge is 0.379 e. The molecule has 1 aromatic heterocycles. The Bertz CT molecular complexity index is 886. The highest BCUT2D eigenvalue weighted by molar-refractivity contribution is 7.88. The number of rotatable bonds is 7. The minimum absolute atomic E-state index is 0.0999. The fourth-order valence-electron chi connectivity index (χ4n) is 2.94. The van der Waals surface area contributed by atoms with Crippen LogP contribution in [0.2, 0.25) is 0 Å². The maximum Gasteiger partial charge on any atom is 0.218 e. The molecule has 7 nitrogen and oxygen atoms in total. The van der Waals surface area contributed by atoms with E-state index in [1.54, 1.807) is 12.1 Å². The lowest BCUT2D eigenvalue weighted by molar-refractivity contribution is 0.0729. The molecule has 0 amide bonds. The topological polar surface area (TPSA) is 84.4 Å². The average Bonchev–Trinajstić information content (AvgIpc) is 2.69. The highest BCUT2D eigenvalue weighted by Crippen LogP contribution is 2.19. The van der Waals surface area contributed by atoms with Crippen LogP contribution in [0.3, 0.4) is 0 Å². The molecule has 0 atom stereocenters. The van der Waals surface area contributed by atoms with Crippen molar-refractivity contribution in [1.29, 1.82) is 0 Å². The van der Waals surface area contributed by atoms with Gasteiger partial charge in [-0.2, -0.15) is 4.31 Å². The van der Waals surface area contributed by atoms with Crippen molar-refractivity contribution in [3.05, 3.63) is 53.2 Å². The second kappa shape index (κ2) is 8.73. The second-order valence-electron chi connectivity index (χ2n) is 6.23. The summed E-state index contributed by atoms with van der Waals surface area (Å²) in [7, 11) is -3.43. The van der Waals surface area contributed by atoms with Gasteiger partial charge in [-0.15, -0.1) is 0 Å². The Balaban J connectivity index is 1.74. The fourth-order valence-corrected chi connectivity index (χ4v) is 4.50. The van der Waals surface area contributed by atoms with Crippen molar-refractivity contribution in [2.24, 2.45) is 0 Å². The number of ether oxygens (including phenoxy) is 1. The highest BCUT2D eigenvalue weighted by atomic mass is 32.2. The van der Waals surface area contributed by atoms with E-state index in [2.05, 4.69) is 15.3 Å². The fraction of sp³-hybridized carbons (Fsp3) is 0.444. The Morgan fingerprint density at radius 1 is 1.19 bits per heavy atom. The molecule has 2 aromatic rings. The van der Waals surface area contributed by atoms with Crippen molar-refractivity contribution in [1.82, 2.24) is 14.3 Å². The summed E-state index contributed by atoms with van der Waals surface area (Å²) in [5.41, 5.74) is 1.81. The first-order valence-corrected chi connectivity index (χ1v) is 10.5. The number of nitrogens with zero attached hydrogens (tertiary/aromatic N) is 3. The minimum atomic E-state index is -3.43. The third-order valence-corrected chi connectivity index (χ3v) is 6.29. The predicted molar refractivity (Wildman–Crippen MR) is 100 cm³/mol. The number of aryl methyl sites for hydroxylation is 1. The van der Waals surface area contributed by atoms with Crippen LogP contribution in [0.4, 0.5) is 10.2 Å². The maximum atomic E-state index is 14.3. The molecule has 0 unspecified atom stereocenters. The molecule has 1 aromatic carbocycles. The van der Waals surface area contributed by atoms with E-state index < -0.39 is 15.8 Å². The smallest absolute Gasteiger partial charge is 0.218 e. The number of hydrogen-bond donors (Lipinski definition) is 1. The van der Waals surface area contributed by atoms with Gasteiger partial charge in [-0.25, -0.2) is 22.8 Å². The molecule has 1 saturated heterocycles. The number of anilines is 1. The van der Waals surface area contributed by atoms with Gasteiger partial charge in [0.1, 0.15) is 6.33 Å². The molecule has 1 aliphatic heterocycles. The zero-order valence-electron chi connectivity index (χ0n) is 15.2. The van der Waals surface area contributed by atoms with Crippen LogP contribution in [-0.4, -0.2) is 49.0 Å². The molecule has 1 aliphatic rings. The molecule has 0 radical (unpaired) electrons. The normalized spacial score (nSPS) is 15.6. The summed E-state index contributed by atoms with van der Waals surface area (Å²) in [6, 6.07) is 7.24. The Morgan fingerprint density at radius 2 is 1.89 bits per heavy atom. The first kappa shape index (κ1) is 19.7. The quantitative estimate of drug-likeness (QED) is 0.773. The van der Waals surface area contributed by atoms with E-state index in [4.69, 9.17) is 4.74 Å². The van der Waals surface area contributed by atoms with Crippen LogP contribution in [0.1, 0.15) is 23.7 Å². The summed E-state index contributed by atoms with van der Waals surface area (Å²) < 4.78 is 46.3. The molecule has 1 fully saturated rings. The predicted octanol–water partition coefficient (Wildman–Crippen LogP) is 1.95. The van der Waals surface area contributed by atoms with Gasteiger partial charge in [0.15, 0.2) is 11.6 Å². The number of hydrogen-bond acceptors (Lipinski definition) is 6. The second-order valence-corrected chi connectivity index (χ2v) is 8.20. The van der Waals surface area contributed by atoms with E-state index in [0.717, 1.165) is 5.56 Å². The maximum absolute atomic E-state index is 14.3. The van der Waals surface area contributed by atoms with Gasteiger partial charge >= 0.3 is 0 Å². The van der Waals surface area contributed by atoms with Gasteiger partial charge in [0.05, 0.1) is 24.7 Å². The van der Waals surface area contributed by atoms with Gasteiger partial charge < -0.3 is 10.1 Å². The van der Waals surface area contributed by atoms with E-state index in [-0.39, 0.29) is 18.1 Å². The van der Waals surface area contributed by atoms with Crippen molar-refractivity contribution in [2.45, 2.75) is 25.6 Å². The van der Waals surface area contributed by atoms with E-state index in [1.165, 1.54) is 10.6 Å². The highest BCUT2D eigenvalue weighted by Gasteiger charge is 2.25. The van der Waals surface area contributed by atoms with Gasteiger partial charge in [0.2, 0.25) is 10.0 Å². The molecule has 0 spiro atoms. The van der Waals surface area contributed by atoms with E-state index in [9.17, 15) is 12.8 Å². The number of morpholine rings is 1. The van der Waals surface area contributed by atoms with Crippen molar-refractivity contribution >= 4 is 15.8 Å². The molecule has 0 aliphatic carbocycles. The van der Waals surface area contributed by atoms with Crippen molar-refractivity contribution < 1.29 is 17.5 Å². The molecular weight excluding hydrogens is 371 g/mol. The molecule has 3 rings (SSSR count). The number of benzene rings is 1. The van der Waals surface area contributed by atoms with Crippen LogP contribution in [-0.2, 0) is 33.5 Å². The summed E-state index contributed by atoms with van der Waals surface area (Å²) >= 11 is 0. The summed E-state index contributed by atoms with van der Waals surface area (Å²) in [6.45, 7) is 3.65. The van der Waals surface area contributed by atoms with Crippen LogP contribution in [0, 0.1) is 5.82 Å². The Labute approximate surface area is 158 Å². The first-order valence-electron chi connectivity index (χ1n) is 8.87. The Morgan fingerprint density at radius 3 is 2.59 bits per heavy atom. The SMILES string of the molecule is CCc1ncnc(NCc2ccccc2CS(=O)(=O)N2CCOCC2)c1F. The van der Waals surface area contributed by atoms with Gasteiger partial charge in [-0.3, -0.25) is 0 Å². The third kappa shape index (κ3) is 4.79. The molecule has 1 N–H and O–H groups in total. The lowest BCUT2D eigenvalue weighted by Crippen LogP contribution is -2.41. The average molecular weight is 394 g/mol. The zero-order chi connectivity index (χ0) is 19.3. The lowest BCUT2D eigenvalue weighted by atomic mass is 10.1. The van der Waals surface area contributed by atoms with Crippen LogP contribution >= 0.6 is 0 Å². The standard InChI is InChI=1S/C18H23FN4O3S/c1-2-16-17(19)18(22-13-21-16)20-11-14-5-3-4-6-15(14)12-27(24,25)23-7-9-26-10-8-23/h3-6,13H,2,7-12H2,1H3,(H,20,21,22). The number of halogens is 1. The number of sulfonamides is 1. The van der Waals surface area contributed by atoms with Crippen molar-refractivity contribution in [3.63, 3.8) is 0 Å². The monoisotopic (exact) mass is 394 g/mol. The zero-order valence-corrected chi connectivity index (χ0v) is 16.0. The summed E-state index contributed by atoms with van der Waals surface area (Å²) in [6.07, 6.45) is 1.79. The van der Waals surface area contributed by atoms with Crippen molar-refractivity contribution in [2.75, 3.05) is 31.6 Å². The van der Waals surface area contributed by atoms with Gasteiger partial charge in [0.25, 0.3) is 0 Å². The van der Waals surface area contributed by atoms with Gasteiger partial charge in [-0.05, 0) is 17.5 Å². The van der Waals surface area contributed by atoms with E-state index >= 15 is 0 Å². The van der Waals surface area contributed by atoms with Crippen LogP contribution < -0.4 is 5.32 Å². The molecule has 2 heterocycles. The number of nitrogens with one attached hydrogen (secondary N) is 1. The Kier molecular flexibility index (Phi) is 6.35. The van der Waals surface area contributed by atoms with Crippen LogP contribution in [0.15, 0.2) is 30.6 Å². The molecular formula is C18H23FN4O3S. The van der Waals surface area contributed by atoms with E-state index in [1.807, 2.05) is 19.1 Å². The van der Waals surface area contributed by atoms with E-state index in [0.29, 0.717) is 44.0 Å². The lowest BCUT2D eigenvalue weighted by Gasteiger charge is -2.26. The van der Waals surface area contributed by atoms with Crippen LogP contribution in [0.5, 0.6) is 0 Å².